The zero-order valence-electron chi connectivity index (χ0n) is 15.6. The van der Waals surface area contributed by atoms with Crippen LogP contribution < -0.4 is 4.90 Å². The second kappa shape index (κ2) is 7.53. The average Bonchev–Trinajstić information content (AvgIpc) is 3.13. The minimum Gasteiger partial charge on any atom is -0.304 e. The molecule has 0 radical (unpaired) electrons. The first-order valence-electron chi connectivity index (χ1n) is 9.17. The molecule has 0 N–H and O–H groups in total. The molecule has 0 fully saturated rings. The van der Waals surface area contributed by atoms with Crippen molar-refractivity contribution < 1.29 is 9.59 Å². The molecule has 0 saturated carbocycles. The predicted molar refractivity (Wildman–Crippen MR) is 112 cm³/mol. The van der Waals surface area contributed by atoms with Crippen LogP contribution >= 0.6 is 0 Å². The molecule has 0 unspecified atom stereocenters. The Bertz CT molecular complexity index is 1130. The summed E-state index contributed by atoms with van der Waals surface area (Å²) in [5.74, 6) is -0.254. The third kappa shape index (κ3) is 3.32. The van der Waals surface area contributed by atoms with Gasteiger partial charge < -0.3 is 4.90 Å². The Morgan fingerprint density at radius 2 is 1.43 bits per heavy atom. The van der Waals surface area contributed by atoms with Crippen LogP contribution in [0.1, 0.15) is 27.6 Å². The molecule has 4 nitrogen and oxygen atoms in total. The lowest BCUT2D eigenvalue weighted by Gasteiger charge is -2.23. The van der Waals surface area contributed by atoms with E-state index in [0.717, 1.165) is 22.2 Å². The Morgan fingerprint density at radius 1 is 0.821 bits per heavy atom. The minimum absolute atomic E-state index is 0.121. The smallest absolute Gasteiger partial charge is 0.260 e. The molecular weight excluding hydrogens is 348 g/mol. The zero-order chi connectivity index (χ0) is 19.5. The monoisotopic (exact) mass is 368 g/mol. The summed E-state index contributed by atoms with van der Waals surface area (Å²) in [6.07, 6.45) is 1.65. The van der Waals surface area contributed by atoms with E-state index in [1.165, 1.54) is 11.5 Å². The van der Waals surface area contributed by atoms with Gasteiger partial charge in [0.05, 0.1) is 17.6 Å². The van der Waals surface area contributed by atoms with E-state index in [9.17, 15) is 9.59 Å². The van der Waals surface area contributed by atoms with Gasteiger partial charge in [-0.3, -0.25) is 14.2 Å². The molecule has 0 saturated heterocycles. The predicted octanol–water partition coefficient (Wildman–Crippen LogP) is 5.15. The van der Waals surface area contributed by atoms with Crippen molar-refractivity contribution in [3.63, 3.8) is 0 Å². The van der Waals surface area contributed by atoms with E-state index in [1.807, 2.05) is 84.9 Å². The zero-order valence-corrected chi connectivity index (χ0v) is 15.6. The molecule has 0 aliphatic heterocycles. The first kappa shape index (κ1) is 17.7. The first-order valence-corrected chi connectivity index (χ1v) is 9.17. The highest BCUT2D eigenvalue weighted by Crippen LogP contribution is 2.26. The number of anilines is 1. The molecule has 4 rings (SSSR count). The summed E-state index contributed by atoms with van der Waals surface area (Å²) in [6.45, 7) is 1.95. The molecule has 0 atom stereocenters. The molecule has 1 aromatic heterocycles. The number of carbonyl (C=O) groups excluding carboxylic acids is 2. The van der Waals surface area contributed by atoms with Crippen LogP contribution in [0.15, 0.2) is 91.1 Å². The minimum atomic E-state index is -0.133. The normalized spacial score (nSPS) is 10.8. The Morgan fingerprint density at radius 3 is 2.11 bits per heavy atom. The molecule has 0 bridgehead atoms. The topological polar surface area (TPSA) is 42.3 Å². The molecule has 28 heavy (non-hydrogen) atoms. The summed E-state index contributed by atoms with van der Waals surface area (Å²) in [5, 5.41) is 0.775. The number of nitrogens with zero attached hydrogens (tertiary/aromatic N) is 2. The van der Waals surface area contributed by atoms with Crippen molar-refractivity contribution in [2.24, 2.45) is 0 Å². The Balaban J connectivity index is 1.82. The summed E-state index contributed by atoms with van der Waals surface area (Å²) in [7, 11) is 0. The number of hydrogen-bond donors (Lipinski definition) is 0. The van der Waals surface area contributed by atoms with Crippen molar-refractivity contribution in [1.29, 1.82) is 0 Å². The molecule has 4 heteroatoms. The number of hydrogen-bond acceptors (Lipinski definition) is 2. The maximum atomic E-state index is 13.6. The van der Waals surface area contributed by atoms with Crippen LogP contribution in [-0.4, -0.2) is 16.4 Å². The van der Waals surface area contributed by atoms with Crippen molar-refractivity contribution >= 4 is 28.4 Å². The van der Waals surface area contributed by atoms with Gasteiger partial charge in [0.2, 0.25) is 5.91 Å². The van der Waals surface area contributed by atoms with Crippen LogP contribution in [-0.2, 0) is 6.54 Å². The van der Waals surface area contributed by atoms with Crippen molar-refractivity contribution in [2.45, 2.75) is 13.5 Å². The van der Waals surface area contributed by atoms with E-state index in [0.29, 0.717) is 12.1 Å². The summed E-state index contributed by atoms with van der Waals surface area (Å²) >= 11 is 0. The lowest BCUT2D eigenvalue weighted by Crippen LogP contribution is -2.30. The first-order chi connectivity index (χ1) is 13.6. The van der Waals surface area contributed by atoms with Gasteiger partial charge in [-0.05, 0) is 23.8 Å². The van der Waals surface area contributed by atoms with Gasteiger partial charge >= 0.3 is 0 Å². The fraction of sp³-hybridized carbons (Fsp3) is 0.0833. The summed E-state index contributed by atoms with van der Waals surface area (Å²) in [5.41, 5.74) is 3.11. The lowest BCUT2D eigenvalue weighted by atomic mass is 10.1. The second-order valence-corrected chi connectivity index (χ2v) is 6.66. The van der Waals surface area contributed by atoms with E-state index >= 15 is 0 Å². The molecule has 0 aliphatic carbocycles. The number of aromatic nitrogens is 1. The Hall–Kier alpha value is -3.66. The van der Waals surface area contributed by atoms with E-state index < -0.39 is 0 Å². The van der Waals surface area contributed by atoms with Gasteiger partial charge in [-0.15, -0.1) is 0 Å². The van der Waals surface area contributed by atoms with Crippen molar-refractivity contribution in [3.05, 3.63) is 102 Å². The highest BCUT2D eigenvalue weighted by Gasteiger charge is 2.23. The number of rotatable bonds is 4. The van der Waals surface area contributed by atoms with Gasteiger partial charge in [0, 0.05) is 24.2 Å². The van der Waals surface area contributed by atoms with Gasteiger partial charge in [0.25, 0.3) is 5.91 Å². The molecule has 0 spiro atoms. The van der Waals surface area contributed by atoms with Crippen molar-refractivity contribution in [1.82, 2.24) is 4.57 Å². The van der Waals surface area contributed by atoms with Crippen molar-refractivity contribution in [2.75, 3.05) is 4.90 Å². The fourth-order valence-corrected chi connectivity index (χ4v) is 3.41. The van der Waals surface area contributed by atoms with Crippen LogP contribution in [0.5, 0.6) is 0 Å². The number of fused-ring (bicyclic) bond motifs is 1. The number of para-hydroxylation sites is 2. The van der Waals surface area contributed by atoms with Gasteiger partial charge in [0.15, 0.2) is 0 Å². The van der Waals surface area contributed by atoms with Crippen LogP contribution in [0.4, 0.5) is 5.69 Å². The molecule has 138 valence electrons. The van der Waals surface area contributed by atoms with Crippen LogP contribution in [0.25, 0.3) is 10.9 Å². The van der Waals surface area contributed by atoms with Crippen LogP contribution in [0.2, 0.25) is 0 Å². The molecule has 1 heterocycles. The second-order valence-electron chi connectivity index (χ2n) is 6.66. The number of benzene rings is 3. The van der Waals surface area contributed by atoms with Gasteiger partial charge in [0.1, 0.15) is 0 Å². The van der Waals surface area contributed by atoms with Gasteiger partial charge in [-0.1, -0.05) is 66.7 Å². The highest BCUT2D eigenvalue weighted by molar-refractivity contribution is 6.15. The average molecular weight is 368 g/mol. The Labute approximate surface area is 163 Å². The van der Waals surface area contributed by atoms with E-state index in [1.54, 1.807) is 11.1 Å². The third-order valence-corrected chi connectivity index (χ3v) is 4.78. The van der Waals surface area contributed by atoms with Crippen molar-refractivity contribution in [3.8, 4) is 0 Å². The third-order valence-electron chi connectivity index (χ3n) is 4.78. The van der Waals surface area contributed by atoms with Gasteiger partial charge in [-0.2, -0.15) is 0 Å². The largest absolute Gasteiger partial charge is 0.304 e. The standard InChI is InChI=1S/C24H20N2O2/c1-18(27)25-17-22(21-14-8-9-15-23(21)25)24(28)26(20-12-6-3-7-13-20)16-19-10-4-2-5-11-19/h2-15,17H,16H2,1H3. The maximum absolute atomic E-state index is 13.6. The summed E-state index contributed by atoms with van der Waals surface area (Å²) in [4.78, 5) is 27.4. The van der Waals surface area contributed by atoms with E-state index in [2.05, 4.69) is 0 Å². The number of amides is 1. The highest BCUT2D eigenvalue weighted by atomic mass is 16.2. The SMILES string of the molecule is CC(=O)n1cc(C(=O)N(Cc2ccccc2)c2ccccc2)c2ccccc21. The van der Waals surface area contributed by atoms with E-state index in [4.69, 9.17) is 0 Å². The summed E-state index contributed by atoms with van der Waals surface area (Å²) in [6, 6.07) is 27.0. The molecule has 3 aromatic carbocycles. The molecule has 4 aromatic rings. The molecule has 1 amide bonds. The van der Waals surface area contributed by atoms with Crippen LogP contribution in [0.3, 0.4) is 0 Å². The molecular formula is C24H20N2O2. The maximum Gasteiger partial charge on any atom is 0.260 e. The van der Waals surface area contributed by atoms with Crippen LogP contribution in [0, 0.1) is 0 Å². The van der Waals surface area contributed by atoms with Gasteiger partial charge in [-0.25, -0.2) is 0 Å². The fourth-order valence-electron chi connectivity index (χ4n) is 3.41. The Kier molecular flexibility index (Phi) is 4.77. The summed E-state index contributed by atoms with van der Waals surface area (Å²) < 4.78 is 1.54. The quantitative estimate of drug-likeness (QED) is 0.500. The lowest BCUT2D eigenvalue weighted by molar-refractivity contribution is 0.0941. The molecule has 0 aliphatic rings. The number of carbonyl (C=O) groups is 2. The van der Waals surface area contributed by atoms with E-state index in [-0.39, 0.29) is 11.8 Å².